The summed E-state index contributed by atoms with van der Waals surface area (Å²) in [6.45, 7) is 2.57. The summed E-state index contributed by atoms with van der Waals surface area (Å²) in [5.41, 5.74) is 7.33. The standard InChI is InChI=1S/C9H12BrN3O2/c1-6-4-7(11)9(13(14)15)5-8(6)12-3-2-10/h4-5,12H,2-3,11H2,1H3. The molecule has 0 unspecified atom stereocenters. The van der Waals surface area contributed by atoms with Gasteiger partial charge in [-0.25, -0.2) is 0 Å². The molecule has 0 amide bonds. The summed E-state index contributed by atoms with van der Waals surface area (Å²) >= 11 is 3.27. The van der Waals surface area contributed by atoms with Crippen LogP contribution in [0.5, 0.6) is 0 Å². The zero-order valence-electron chi connectivity index (χ0n) is 8.29. The van der Waals surface area contributed by atoms with Gasteiger partial charge < -0.3 is 11.1 Å². The van der Waals surface area contributed by atoms with Gasteiger partial charge in [0.05, 0.1) is 4.92 Å². The van der Waals surface area contributed by atoms with Crippen molar-refractivity contribution in [3.63, 3.8) is 0 Å². The van der Waals surface area contributed by atoms with Gasteiger partial charge in [-0.3, -0.25) is 10.1 Å². The normalized spacial score (nSPS) is 10.0. The first-order chi connectivity index (χ1) is 7.06. The van der Waals surface area contributed by atoms with E-state index < -0.39 is 4.92 Å². The molecule has 1 aromatic rings. The largest absolute Gasteiger partial charge is 0.393 e. The lowest BCUT2D eigenvalue weighted by atomic mass is 10.1. The fraction of sp³-hybridized carbons (Fsp3) is 0.333. The van der Waals surface area contributed by atoms with Gasteiger partial charge in [-0.05, 0) is 18.6 Å². The highest BCUT2D eigenvalue weighted by Gasteiger charge is 2.13. The van der Waals surface area contributed by atoms with Crippen molar-refractivity contribution >= 4 is 33.0 Å². The van der Waals surface area contributed by atoms with E-state index in [9.17, 15) is 10.1 Å². The molecule has 0 aliphatic carbocycles. The first-order valence-corrected chi connectivity index (χ1v) is 5.52. The molecule has 82 valence electrons. The van der Waals surface area contributed by atoms with Crippen LogP contribution in [-0.4, -0.2) is 16.8 Å². The Balaban J connectivity index is 3.06. The van der Waals surface area contributed by atoms with E-state index in [0.29, 0.717) is 6.54 Å². The number of aryl methyl sites for hydroxylation is 1. The predicted octanol–water partition coefficient (Wildman–Crippen LogP) is 2.29. The lowest BCUT2D eigenvalue weighted by molar-refractivity contribution is -0.383. The van der Waals surface area contributed by atoms with Crippen molar-refractivity contribution in [2.75, 3.05) is 22.9 Å². The third-order valence-corrected chi connectivity index (χ3v) is 2.38. The average molecular weight is 274 g/mol. The number of nitrogens with one attached hydrogen (secondary N) is 1. The highest BCUT2D eigenvalue weighted by atomic mass is 79.9. The van der Waals surface area contributed by atoms with Crippen molar-refractivity contribution in [1.29, 1.82) is 0 Å². The Morgan fingerprint density at radius 3 is 2.80 bits per heavy atom. The van der Waals surface area contributed by atoms with Gasteiger partial charge in [0.25, 0.3) is 5.69 Å². The van der Waals surface area contributed by atoms with Crippen LogP contribution in [0.2, 0.25) is 0 Å². The molecular weight excluding hydrogens is 262 g/mol. The average Bonchev–Trinajstić information content (AvgIpc) is 2.16. The fourth-order valence-electron chi connectivity index (χ4n) is 1.25. The van der Waals surface area contributed by atoms with Crippen molar-refractivity contribution in [1.82, 2.24) is 0 Å². The molecule has 0 aromatic heterocycles. The summed E-state index contributed by atoms with van der Waals surface area (Å²) in [5, 5.41) is 14.5. The molecule has 15 heavy (non-hydrogen) atoms. The minimum absolute atomic E-state index is 0.0577. The topological polar surface area (TPSA) is 81.2 Å². The highest BCUT2D eigenvalue weighted by molar-refractivity contribution is 9.09. The monoisotopic (exact) mass is 273 g/mol. The van der Waals surface area contributed by atoms with Gasteiger partial charge in [0, 0.05) is 23.6 Å². The lowest BCUT2D eigenvalue weighted by Crippen LogP contribution is -2.05. The number of halogens is 1. The Kier molecular flexibility index (Phi) is 3.90. The van der Waals surface area contributed by atoms with Crippen molar-refractivity contribution in [3.05, 3.63) is 27.8 Å². The molecule has 0 saturated carbocycles. The molecule has 0 radical (unpaired) electrons. The maximum Gasteiger partial charge on any atom is 0.294 e. The van der Waals surface area contributed by atoms with Crippen LogP contribution in [0.15, 0.2) is 12.1 Å². The van der Waals surface area contributed by atoms with Gasteiger partial charge in [-0.15, -0.1) is 0 Å². The Morgan fingerprint density at radius 2 is 2.27 bits per heavy atom. The molecule has 0 aliphatic heterocycles. The van der Waals surface area contributed by atoms with Crippen molar-refractivity contribution in [2.45, 2.75) is 6.92 Å². The molecular formula is C9H12BrN3O2. The summed E-state index contributed by atoms with van der Waals surface area (Å²) < 4.78 is 0. The number of benzene rings is 1. The Labute approximate surface area is 95.9 Å². The number of nitro benzene ring substituents is 1. The second-order valence-corrected chi connectivity index (χ2v) is 3.89. The summed E-state index contributed by atoms with van der Waals surface area (Å²) in [7, 11) is 0. The molecule has 5 nitrogen and oxygen atoms in total. The van der Waals surface area contributed by atoms with Crippen LogP contribution in [0.3, 0.4) is 0 Å². The quantitative estimate of drug-likeness (QED) is 0.382. The summed E-state index contributed by atoms with van der Waals surface area (Å²) in [6, 6.07) is 3.07. The Hall–Kier alpha value is -1.30. The summed E-state index contributed by atoms with van der Waals surface area (Å²) in [6.07, 6.45) is 0. The zero-order valence-corrected chi connectivity index (χ0v) is 9.87. The second-order valence-electron chi connectivity index (χ2n) is 3.10. The van der Waals surface area contributed by atoms with Crippen LogP contribution in [-0.2, 0) is 0 Å². The van der Waals surface area contributed by atoms with E-state index in [2.05, 4.69) is 21.2 Å². The predicted molar refractivity (Wildman–Crippen MR) is 64.5 cm³/mol. The Morgan fingerprint density at radius 1 is 1.60 bits per heavy atom. The van der Waals surface area contributed by atoms with Crippen molar-refractivity contribution in [2.24, 2.45) is 0 Å². The van der Waals surface area contributed by atoms with Crippen molar-refractivity contribution < 1.29 is 4.92 Å². The van der Waals surface area contributed by atoms with E-state index >= 15 is 0 Å². The van der Waals surface area contributed by atoms with E-state index in [1.165, 1.54) is 6.07 Å². The van der Waals surface area contributed by atoms with Crippen LogP contribution in [0.25, 0.3) is 0 Å². The van der Waals surface area contributed by atoms with Crippen LogP contribution >= 0.6 is 15.9 Å². The third-order valence-electron chi connectivity index (χ3n) is 1.98. The number of nitrogens with zero attached hydrogens (tertiary/aromatic N) is 1. The number of rotatable bonds is 4. The molecule has 0 saturated heterocycles. The van der Waals surface area contributed by atoms with Gasteiger partial charge in [0.2, 0.25) is 0 Å². The van der Waals surface area contributed by atoms with Crippen LogP contribution < -0.4 is 11.1 Å². The highest BCUT2D eigenvalue weighted by Crippen LogP contribution is 2.28. The lowest BCUT2D eigenvalue weighted by Gasteiger charge is -2.09. The van der Waals surface area contributed by atoms with Gasteiger partial charge in [-0.2, -0.15) is 0 Å². The van der Waals surface area contributed by atoms with E-state index in [4.69, 9.17) is 5.73 Å². The molecule has 1 rings (SSSR count). The minimum atomic E-state index is -0.478. The maximum absolute atomic E-state index is 10.6. The molecule has 1 aromatic carbocycles. The van der Waals surface area contributed by atoms with Gasteiger partial charge in [-0.1, -0.05) is 15.9 Å². The Bertz CT molecular complexity index is 382. The number of nitro groups is 1. The molecule has 0 aliphatic rings. The molecule has 6 heteroatoms. The first-order valence-electron chi connectivity index (χ1n) is 4.40. The zero-order chi connectivity index (χ0) is 11.4. The number of anilines is 2. The molecule has 3 N–H and O–H groups in total. The number of nitrogens with two attached hydrogens (primary N) is 1. The van der Waals surface area contributed by atoms with Crippen LogP contribution in [0.4, 0.5) is 17.1 Å². The molecule has 0 heterocycles. The number of nitrogen functional groups attached to an aromatic ring is 1. The summed E-state index contributed by atoms with van der Waals surface area (Å²) in [5.74, 6) is 0. The third kappa shape index (κ3) is 2.82. The summed E-state index contributed by atoms with van der Waals surface area (Å²) in [4.78, 5) is 10.2. The van der Waals surface area contributed by atoms with Gasteiger partial charge in [0.15, 0.2) is 0 Å². The fourth-order valence-corrected chi connectivity index (χ4v) is 1.45. The minimum Gasteiger partial charge on any atom is -0.393 e. The molecule has 0 fully saturated rings. The van der Waals surface area contributed by atoms with E-state index in [0.717, 1.165) is 16.6 Å². The molecule has 0 atom stereocenters. The number of alkyl halides is 1. The second kappa shape index (κ2) is 4.97. The number of hydrogen-bond donors (Lipinski definition) is 2. The van der Waals surface area contributed by atoms with E-state index in [-0.39, 0.29) is 11.4 Å². The first kappa shape index (κ1) is 11.8. The van der Waals surface area contributed by atoms with Crippen molar-refractivity contribution in [3.8, 4) is 0 Å². The van der Waals surface area contributed by atoms with Gasteiger partial charge >= 0.3 is 0 Å². The van der Waals surface area contributed by atoms with E-state index in [1.807, 2.05) is 6.92 Å². The van der Waals surface area contributed by atoms with E-state index in [1.54, 1.807) is 6.07 Å². The van der Waals surface area contributed by atoms with Crippen LogP contribution in [0, 0.1) is 17.0 Å². The van der Waals surface area contributed by atoms with Crippen LogP contribution in [0.1, 0.15) is 5.56 Å². The smallest absolute Gasteiger partial charge is 0.294 e. The number of hydrogen-bond acceptors (Lipinski definition) is 4. The van der Waals surface area contributed by atoms with Gasteiger partial charge in [0.1, 0.15) is 5.69 Å². The SMILES string of the molecule is Cc1cc(N)c([N+](=O)[O-])cc1NCCBr. The molecule has 0 bridgehead atoms. The maximum atomic E-state index is 10.6. The molecule has 0 spiro atoms.